The number of anilines is 1. The Bertz CT molecular complexity index is 1400. The molecule has 3 aromatic carbocycles. The third-order valence-corrected chi connectivity index (χ3v) is 6.94. The Kier molecular flexibility index (Phi) is 6.16. The van der Waals surface area contributed by atoms with Gasteiger partial charge in [-0.25, -0.2) is 8.42 Å². The van der Waals surface area contributed by atoms with Crippen LogP contribution in [0.2, 0.25) is 0 Å². The Hall–Kier alpha value is -4.09. The van der Waals surface area contributed by atoms with Gasteiger partial charge in [0.2, 0.25) is 6.10 Å². The van der Waals surface area contributed by atoms with E-state index in [1.54, 1.807) is 43.3 Å². The number of aromatic amines is 1. The quantitative estimate of drug-likeness (QED) is 0.420. The molecule has 33 heavy (non-hydrogen) atoms. The fourth-order valence-corrected chi connectivity index (χ4v) is 4.26. The number of H-pyrrole nitrogens is 1. The number of carbonyl (C=O) groups is 1. The van der Waals surface area contributed by atoms with Crippen molar-refractivity contribution in [2.24, 2.45) is 0 Å². The molecule has 0 radical (unpaired) electrons. The summed E-state index contributed by atoms with van der Waals surface area (Å²) in [6.45, 7) is 1.58. The smallest absolute Gasteiger partial charge is 0.271 e. The van der Waals surface area contributed by atoms with E-state index in [9.17, 15) is 13.2 Å². The SMILES string of the molecule is CCS(=O)(=O)c1ccc(C(Oc2ccc(C#N)cc2)C(=O)Nc2cc3ccccc3[nH]2)cc1. The molecule has 1 heterocycles. The third-order valence-electron chi connectivity index (χ3n) is 5.19. The first-order valence-corrected chi connectivity index (χ1v) is 11.9. The molecule has 0 saturated heterocycles. The second-order valence-corrected chi connectivity index (χ2v) is 9.64. The van der Waals surface area contributed by atoms with Crippen LogP contribution in [0.4, 0.5) is 5.82 Å². The van der Waals surface area contributed by atoms with Crippen LogP contribution in [0.15, 0.2) is 83.8 Å². The first kappa shape index (κ1) is 22.1. The Morgan fingerprint density at radius 2 is 1.76 bits per heavy atom. The van der Waals surface area contributed by atoms with Crippen LogP contribution in [0, 0.1) is 11.3 Å². The number of hydrogen-bond acceptors (Lipinski definition) is 5. The first-order chi connectivity index (χ1) is 15.9. The lowest BCUT2D eigenvalue weighted by molar-refractivity contribution is -0.123. The highest BCUT2D eigenvalue weighted by atomic mass is 32.2. The van der Waals surface area contributed by atoms with E-state index in [0.29, 0.717) is 22.7 Å². The number of carbonyl (C=O) groups excluding carboxylic acids is 1. The molecule has 7 nitrogen and oxygen atoms in total. The molecular weight excluding hydrogens is 438 g/mol. The molecular formula is C25H21N3O4S. The van der Waals surface area contributed by atoms with Crippen LogP contribution in [0.25, 0.3) is 10.9 Å². The van der Waals surface area contributed by atoms with Gasteiger partial charge in [0.15, 0.2) is 9.84 Å². The molecule has 1 aromatic heterocycles. The Morgan fingerprint density at radius 1 is 1.06 bits per heavy atom. The summed E-state index contributed by atoms with van der Waals surface area (Å²) in [6.07, 6.45) is -1.05. The third kappa shape index (κ3) is 4.89. The van der Waals surface area contributed by atoms with E-state index in [4.69, 9.17) is 10.00 Å². The number of amides is 1. The summed E-state index contributed by atoms with van der Waals surface area (Å²) in [7, 11) is -3.37. The minimum atomic E-state index is -3.37. The van der Waals surface area contributed by atoms with E-state index in [2.05, 4.69) is 10.3 Å². The highest BCUT2D eigenvalue weighted by Gasteiger charge is 2.24. The van der Waals surface area contributed by atoms with Crippen molar-refractivity contribution >= 4 is 32.5 Å². The van der Waals surface area contributed by atoms with E-state index in [1.165, 1.54) is 12.1 Å². The van der Waals surface area contributed by atoms with Crippen LogP contribution in [-0.4, -0.2) is 25.1 Å². The lowest BCUT2D eigenvalue weighted by Gasteiger charge is -2.19. The second-order valence-electron chi connectivity index (χ2n) is 7.37. The van der Waals surface area contributed by atoms with Crippen molar-refractivity contribution in [1.29, 1.82) is 5.26 Å². The standard InChI is InChI=1S/C25H21N3O4S/c1-2-33(30,31)21-13-9-18(10-14-21)24(32-20-11-7-17(16-26)8-12-20)25(29)28-23-15-19-5-3-4-6-22(19)27-23/h3-15,24,27H,2H2,1H3,(H,28,29). The molecule has 0 fully saturated rings. The highest BCUT2D eigenvalue weighted by Crippen LogP contribution is 2.26. The molecule has 8 heteroatoms. The summed E-state index contributed by atoms with van der Waals surface area (Å²) in [5.41, 5.74) is 1.84. The van der Waals surface area contributed by atoms with E-state index in [-0.39, 0.29) is 10.6 Å². The van der Waals surface area contributed by atoms with Gasteiger partial charge >= 0.3 is 0 Å². The van der Waals surface area contributed by atoms with Crippen LogP contribution in [0.5, 0.6) is 5.75 Å². The number of nitrogens with zero attached hydrogens (tertiary/aromatic N) is 1. The average molecular weight is 460 g/mol. The Labute approximate surface area is 191 Å². The predicted molar refractivity (Wildman–Crippen MR) is 126 cm³/mol. The maximum Gasteiger partial charge on any atom is 0.271 e. The molecule has 4 rings (SSSR count). The number of ether oxygens (including phenoxy) is 1. The zero-order chi connectivity index (χ0) is 23.4. The van der Waals surface area contributed by atoms with Gasteiger partial charge in [0, 0.05) is 16.5 Å². The molecule has 0 saturated carbocycles. The van der Waals surface area contributed by atoms with Crippen LogP contribution in [0.1, 0.15) is 24.2 Å². The van der Waals surface area contributed by atoms with Gasteiger partial charge in [-0.05, 0) is 48.5 Å². The Balaban J connectivity index is 1.65. The fraction of sp³-hybridized carbons (Fsp3) is 0.120. The van der Waals surface area contributed by atoms with Gasteiger partial charge in [0.25, 0.3) is 5.91 Å². The van der Waals surface area contributed by atoms with Crippen molar-refractivity contribution in [2.45, 2.75) is 17.9 Å². The van der Waals surface area contributed by atoms with Gasteiger partial charge in [0.05, 0.1) is 22.3 Å². The van der Waals surface area contributed by atoms with Crippen molar-refractivity contribution in [3.05, 3.63) is 90.0 Å². The summed E-state index contributed by atoms with van der Waals surface area (Å²) in [5, 5.41) is 12.8. The second kappa shape index (κ2) is 9.18. The monoisotopic (exact) mass is 459 g/mol. The number of rotatable bonds is 7. The maximum atomic E-state index is 13.2. The number of benzene rings is 3. The number of fused-ring (bicyclic) bond motifs is 1. The first-order valence-electron chi connectivity index (χ1n) is 10.3. The van der Waals surface area contributed by atoms with Crippen molar-refractivity contribution < 1.29 is 17.9 Å². The molecule has 0 aliphatic rings. The highest BCUT2D eigenvalue weighted by molar-refractivity contribution is 7.91. The summed E-state index contributed by atoms with van der Waals surface area (Å²) < 4.78 is 30.3. The molecule has 1 atom stereocenters. The van der Waals surface area contributed by atoms with Gasteiger partial charge in [-0.15, -0.1) is 0 Å². The number of nitrogens with one attached hydrogen (secondary N) is 2. The number of hydrogen-bond donors (Lipinski definition) is 2. The lowest BCUT2D eigenvalue weighted by Crippen LogP contribution is -2.26. The normalized spacial score (nSPS) is 12.1. The van der Waals surface area contributed by atoms with Gasteiger partial charge < -0.3 is 15.0 Å². The summed E-state index contributed by atoms with van der Waals surface area (Å²) in [6, 6.07) is 24.0. The van der Waals surface area contributed by atoms with Crippen LogP contribution in [0.3, 0.4) is 0 Å². The zero-order valence-corrected chi connectivity index (χ0v) is 18.6. The largest absolute Gasteiger partial charge is 0.476 e. The van der Waals surface area contributed by atoms with Crippen LogP contribution in [-0.2, 0) is 14.6 Å². The van der Waals surface area contributed by atoms with Crippen LogP contribution >= 0.6 is 0 Å². The van der Waals surface area contributed by atoms with E-state index in [1.807, 2.05) is 36.4 Å². The van der Waals surface area contributed by atoms with Gasteiger partial charge in [-0.3, -0.25) is 4.79 Å². The molecule has 166 valence electrons. The van der Waals surface area contributed by atoms with Crippen LogP contribution < -0.4 is 10.1 Å². The molecule has 4 aromatic rings. The van der Waals surface area contributed by atoms with Crippen molar-refractivity contribution in [3.8, 4) is 11.8 Å². The Morgan fingerprint density at radius 3 is 2.39 bits per heavy atom. The number of para-hydroxylation sites is 1. The summed E-state index contributed by atoms with van der Waals surface area (Å²) in [5.74, 6) is 0.464. The molecule has 0 aliphatic carbocycles. The predicted octanol–water partition coefficient (Wildman–Crippen LogP) is 4.59. The molecule has 0 bridgehead atoms. The maximum absolute atomic E-state index is 13.2. The molecule has 2 N–H and O–H groups in total. The minimum Gasteiger partial charge on any atom is -0.476 e. The van der Waals surface area contributed by atoms with Crippen molar-refractivity contribution in [3.63, 3.8) is 0 Å². The van der Waals surface area contributed by atoms with Gasteiger partial charge in [-0.2, -0.15) is 5.26 Å². The molecule has 1 amide bonds. The zero-order valence-electron chi connectivity index (χ0n) is 17.8. The summed E-state index contributed by atoms with van der Waals surface area (Å²) >= 11 is 0. The van der Waals surface area contributed by atoms with E-state index < -0.39 is 21.8 Å². The average Bonchev–Trinajstić information content (AvgIpc) is 3.25. The van der Waals surface area contributed by atoms with Crippen molar-refractivity contribution in [2.75, 3.05) is 11.1 Å². The molecule has 0 spiro atoms. The minimum absolute atomic E-state index is 0.0155. The fourth-order valence-electron chi connectivity index (χ4n) is 3.37. The number of aromatic nitrogens is 1. The number of nitriles is 1. The lowest BCUT2D eigenvalue weighted by atomic mass is 10.1. The molecule has 0 aliphatic heterocycles. The van der Waals surface area contributed by atoms with E-state index in [0.717, 1.165) is 10.9 Å². The topological polar surface area (TPSA) is 112 Å². The number of sulfone groups is 1. The summed E-state index contributed by atoms with van der Waals surface area (Å²) in [4.78, 5) is 16.6. The van der Waals surface area contributed by atoms with Gasteiger partial charge in [0.1, 0.15) is 11.6 Å². The molecule has 1 unspecified atom stereocenters. The van der Waals surface area contributed by atoms with Crippen molar-refractivity contribution in [1.82, 2.24) is 4.98 Å². The van der Waals surface area contributed by atoms with Gasteiger partial charge in [-0.1, -0.05) is 37.3 Å². The van der Waals surface area contributed by atoms with E-state index >= 15 is 0 Å².